The fourth-order valence-electron chi connectivity index (χ4n) is 1.53. The second-order valence-corrected chi connectivity index (χ2v) is 3.25. The summed E-state index contributed by atoms with van der Waals surface area (Å²) < 4.78 is 0. The van der Waals surface area contributed by atoms with Crippen molar-refractivity contribution < 1.29 is 0 Å². The van der Waals surface area contributed by atoms with E-state index in [0.29, 0.717) is 6.54 Å². The first kappa shape index (κ1) is 12.0. The van der Waals surface area contributed by atoms with Gasteiger partial charge < -0.3 is 0 Å². The molecule has 2 heteroatoms. The molecule has 0 fully saturated rings. The Labute approximate surface area is 81.3 Å². The molecule has 0 aromatic carbocycles. The van der Waals surface area contributed by atoms with Crippen LogP contribution in [0.3, 0.4) is 0 Å². The lowest BCUT2D eigenvalue weighted by molar-refractivity contribution is 0.370. The molecule has 0 rings (SSSR count). The van der Waals surface area contributed by atoms with Gasteiger partial charge in [0.15, 0.2) is 0 Å². The molecule has 0 unspecified atom stereocenters. The number of nitriles is 1. The highest BCUT2D eigenvalue weighted by molar-refractivity contribution is 5.08. The number of nitrogens with one attached hydrogen (secondary N) is 1. The lowest BCUT2D eigenvalue weighted by atomic mass is 9.90. The van der Waals surface area contributed by atoms with E-state index >= 15 is 0 Å². The molecule has 0 radical (unpaired) electrons. The molecule has 0 aliphatic heterocycles. The Morgan fingerprint density at radius 3 is 2.15 bits per heavy atom. The van der Waals surface area contributed by atoms with Gasteiger partial charge in [-0.05, 0) is 12.8 Å². The summed E-state index contributed by atoms with van der Waals surface area (Å²) >= 11 is 0. The van der Waals surface area contributed by atoms with Crippen LogP contribution in [0.15, 0.2) is 0 Å². The van der Waals surface area contributed by atoms with E-state index in [0.717, 1.165) is 25.7 Å². The second kappa shape index (κ2) is 6.52. The molecule has 1 N–H and O–H groups in total. The highest BCUT2D eigenvalue weighted by atomic mass is 15.0. The maximum Gasteiger partial charge on any atom is 0.107 e. The fourth-order valence-corrected chi connectivity index (χ4v) is 1.53. The molecule has 0 aromatic rings. The standard InChI is InChI=1S/C11H18N2/c1-4-7-11(10-12,8-5-2)13-9-6-3/h3,13H,4-5,7-9H2,1-2H3. The molecular weight excluding hydrogens is 160 g/mol. The van der Waals surface area contributed by atoms with Crippen LogP contribution in [-0.4, -0.2) is 12.1 Å². The zero-order valence-electron chi connectivity index (χ0n) is 8.56. The van der Waals surface area contributed by atoms with Crippen molar-refractivity contribution in [3.8, 4) is 18.4 Å². The molecule has 0 amide bonds. The average molecular weight is 178 g/mol. The Morgan fingerprint density at radius 2 is 1.85 bits per heavy atom. The van der Waals surface area contributed by atoms with Crippen LogP contribution in [0.2, 0.25) is 0 Å². The van der Waals surface area contributed by atoms with Crippen LogP contribution in [0.5, 0.6) is 0 Å². The summed E-state index contributed by atoms with van der Waals surface area (Å²) in [6.07, 6.45) is 8.92. The van der Waals surface area contributed by atoms with Crippen molar-refractivity contribution in [1.29, 1.82) is 5.26 Å². The summed E-state index contributed by atoms with van der Waals surface area (Å²) in [4.78, 5) is 0. The first-order valence-corrected chi connectivity index (χ1v) is 4.84. The van der Waals surface area contributed by atoms with Gasteiger partial charge in [-0.2, -0.15) is 5.26 Å². The Balaban J connectivity index is 4.29. The lowest BCUT2D eigenvalue weighted by Gasteiger charge is -2.26. The quantitative estimate of drug-likeness (QED) is 0.632. The van der Waals surface area contributed by atoms with E-state index in [1.54, 1.807) is 0 Å². The van der Waals surface area contributed by atoms with E-state index < -0.39 is 5.54 Å². The van der Waals surface area contributed by atoms with Crippen molar-refractivity contribution in [2.75, 3.05) is 6.54 Å². The third-order valence-electron chi connectivity index (χ3n) is 2.10. The van der Waals surface area contributed by atoms with Gasteiger partial charge in [0.1, 0.15) is 5.54 Å². The smallest absolute Gasteiger partial charge is 0.107 e. The van der Waals surface area contributed by atoms with E-state index in [2.05, 4.69) is 31.2 Å². The van der Waals surface area contributed by atoms with Gasteiger partial charge in [-0.25, -0.2) is 0 Å². The van der Waals surface area contributed by atoms with Crippen LogP contribution in [0.1, 0.15) is 39.5 Å². The van der Waals surface area contributed by atoms with E-state index in [-0.39, 0.29) is 0 Å². The van der Waals surface area contributed by atoms with Gasteiger partial charge in [-0.3, -0.25) is 5.32 Å². The predicted molar refractivity (Wildman–Crippen MR) is 55.0 cm³/mol. The summed E-state index contributed by atoms with van der Waals surface area (Å²) in [5.74, 6) is 2.51. The first-order valence-electron chi connectivity index (χ1n) is 4.84. The van der Waals surface area contributed by atoms with E-state index in [1.165, 1.54) is 0 Å². The Kier molecular flexibility index (Phi) is 6.02. The predicted octanol–water partition coefficient (Wildman–Crippen LogP) is 2.07. The van der Waals surface area contributed by atoms with E-state index in [1.807, 2.05) is 0 Å². The van der Waals surface area contributed by atoms with Gasteiger partial charge in [0.25, 0.3) is 0 Å². The SMILES string of the molecule is C#CCNC(C#N)(CCC)CCC. The van der Waals surface area contributed by atoms with Crippen molar-refractivity contribution >= 4 is 0 Å². The van der Waals surface area contributed by atoms with Crippen LogP contribution in [-0.2, 0) is 0 Å². The van der Waals surface area contributed by atoms with Crippen LogP contribution in [0.25, 0.3) is 0 Å². The largest absolute Gasteiger partial charge is 0.288 e. The molecule has 0 atom stereocenters. The lowest BCUT2D eigenvalue weighted by Crippen LogP contribution is -2.43. The third kappa shape index (κ3) is 3.97. The number of hydrogen-bond acceptors (Lipinski definition) is 2. The highest BCUT2D eigenvalue weighted by Gasteiger charge is 2.26. The molecule has 72 valence electrons. The Bertz CT molecular complexity index is 201. The summed E-state index contributed by atoms with van der Waals surface area (Å²) in [7, 11) is 0. The fraction of sp³-hybridized carbons (Fsp3) is 0.727. The molecular formula is C11H18N2. The van der Waals surface area contributed by atoms with Crippen LogP contribution >= 0.6 is 0 Å². The van der Waals surface area contributed by atoms with Crippen molar-refractivity contribution in [3.05, 3.63) is 0 Å². The van der Waals surface area contributed by atoms with Crippen molar-refractivity contribution in [2.24, 2.45) is 0 Å². The van der Waals surface area contributed by atoms with Crippen LogP contribution < -0.4 is 5.32 Å². The molecule has 0 aliphatic rings. The maximum absolute atomic E-state index is 9.08. The van der Waals surface area contributed by atoms with Crippen molar-refractivity contribution in [2.45, 2.75) is 45.1 Å². The molecule has 0 aromatic heterocycles. The Hall–Kier alpha value is -0.990. The van der Waals surface area contributed by atoms with Gasteiger partial charge in [-0.15, -0.1) is 6.42 Å². The molecule has 0 aliphatic carbocycles. The molecule has 0 spiro atoms. The normalized spacial score (nSPS) is 10.5. The summed E-state index contributed by atoms with van der Waals surface area (Å²) in [6, 6.07) is 2.35. The third-order valence-corrected chi connectivity index (χ3v) is 2.10. The molecule has 13 heavy (non-hydrogen) atoms. The van der Waals surface area contributed by atoms with Gasteiger partial charge in [0, 0.05) is 0 Å². The zero-order valence-corrected chi connectivity index (χ0v) is 8.56. The van der Waals surface area contributed by atoms with E-state index in [9.17, 15) is 0 Å². The van der Waals surface area contributed by atoms with Crippen molar-refractivity contribution in [1.82, 2.24) is 5.32 Å². The van der Waals surface area contributed by atoms with Crippen LogP contribution in [0.4, 0.5) is 0 Å². The molecule has 0 saturated heterocycles. The topological polar surface area (TPSA) is 35.8 Å². The van der Waals surface area contributed by atoms with Crippen LogP contribution in [0, 0.1) is 23.7 Å². The first-order chi connectivity index (χ1) is 6.24. The molecule has 0 heterocycles. The zero-order chi connectivity index (χ0) is 10.2. The molecule has 2 nitrogen and oxygen atoms in total. The Morgan fingerprint density at radius 1 is 1.31 bits per heavy atom. The van der Waals surface area contributed by atoms with E-state index in [4.69, 9.17) is 11.7 Å². The minimum absolute atomic E-state index is 0.393. The second-order valence-electron chi connectivity index (χ2n) is 3.25. The number of hydrogen-bond donors (Lipinski definition) is 1. The van der Waals surface area contributed by atoms with Gasteiger partial charge in [0.05, 0.1) is 12.6 Å². The number of terminal acetylenes is 1. The summed E-state index contributed by atoms with van der Waals surface area (Å²) in [5.41, 5.74) is -0.393. The van der Waals surface area contributed by atoms with Gasteiger partial charge >= 0.3 is 0 Å². The minimum atomic E-state index is -0.393. The van der Waals surface area contributed by atoms with Crippen molar-refractivity contribution in [3.63, 3.8) is 0 Å². The summed E-state index contributed by atoms with van der Waals surface area (Å²) in [5, 5.41) is 12.2. The molecule has 0 saturated carbocycles. The van der Waals surface area contributed by atoms with Gasteiger partial charge in [0.2, 0.25) is 0 Å². The number of nitrogens with zero attached hydrogens (tertiary/aromatic N) is 1. The maximum atomic E-state index is 9.08. The minimum Gasteiger partial charge on any atom is -0.288 e. The average Bonchev–Trinajstić information content (AvgIpc) is 2.15. The molecule has 0 bridgehead atoms. The highest BCUT2D eigenvalue weighted by Crippen LogP contribution is 2.18. The summed E-state index contributed by atoms with van der Waals surface area (Å²) in [6.45, 7) is 4.65. The monoisotopic (exact) mass is 178 g/mol. The van der Waals surface area contributed by atoms with Gasteiger partial charge in [-0.1, -0.05) is 32.6 Å². The number of rotatable bonds is 6.